The summed E-state index contributed by atoms with van der Waals surface area (Å²) in [5.41, 5.74) is -0.224. The number of carbonyl (C=O) groups excluding carboxylic acids is 1. The molecule has 1 N–H and O–H groups in total. The number of hydrogen-bond acceptors (Lipinski definition) is 2. The van der Waals surface area contributed by atoms with E-state index >= 15 is 0 Å². The Bertz CT molecular complexity index is 897. The van der Waals surface area contributed by atoms with Crippen molar-refractivity contribution >= 4 is 11.6 Å². The Morgan fingerprint density at radius 1 is 0.760 bits per heavy atom. The predicted molar refractivity (Wildman–Crippen MR) is 87.2 cm³/mol. The van der Waals surface area contributed by atoms with Crippen LogP contribution in [0.15, 0.2) is 66.7 Å². The first kappa shape index (κ1) is 16.6. The Balaban J connectivity index is 1.71. The van der Waals surface area contributed by atoms with Crippen molar-refractivity contribution in [3.63, 3.8) is 0 Å². The minimum absolute atomic E-state index is 0.356. The van der Waals surface area contributed by atoms with Crippen LogP contribution in [0.5, 0.6) is 11.5 Å². The third-order valence-electron chi connectivity index (χ3n) is 3.37. The molecule has 0 aromatic heterocycles. The zero-order valence-electron chi connectivity index (χ0n) is 12.8. The van der Waals surface area contributed by atoms with Gasteiger partial charge in [0.2, 0.25) is 0 Å². The van der Waals surface area contributed by atoms with E-state index in [4.69, 9.17) is 4.74 Å². The Morgan fingerprint density at radius 2 is 1.40 bits per heavy atom. The molecular weight excluding hydrogens is 331 g/mol. The molecule has 6 heteroatoms. The summed E-state index contributed by atoms with van der Waals surface area (Å²) in [5, 5.41) is 2.41. The van der Waals surface area contributed by atoms with Gasteiger partial charge in [-0.25, -0.2) is 13.2 Å². The van der Waals surface area contributed by atoms with Gasteiger partial charge in [-0.3, -0.25) is 4.79 Å². The minimum atomic E-state index is -1.68. The number of carbonyl (C=O) groups is 1. The first-order valence-corrected chi connectivity index (χ1v) is 7.32. The topological polar surface area (TPSA) is 38.3 Å². The molecule has 3 aromatic rings. The van der Waals surface area contributed by atoms with Gasteiger partial charge < -0.3 is 10.1 Å². The summed E-state index contributed by atoms with van der Waals surface area (Å²) >= 11 is 0. The first-order chi connectivity index (χ1) is 12.0. The van der Waals surface area contributed by atoms with Gasteiger partial charge in [-0.15, -0.1) is 0 Å². The van der Waals surface area contributed by atoms with E-state index in [9.17, 15) is 18.0 Å². The van der Waals surface area contributed by atoms with E-state index in [0.717, 1.165) is 6.07 Å². The molecule has 25 heavy (non-hydrogen) atoms. The quantitative estimate of drug-likeness (QED) is 0.666. The second-order valence-corrected chi connectivity index (χ2v) is 5.12. The van der Waals surface area contributed by atoms with Crippen molar-refractivity contribution in [2.75, 3.05) is 5.32 Å². The maximum atomic E-state index is 13.6. The van der Waals surface area contributed by atoms with Gasteiger partial charge in [0.15, 0.2) is 17.5 Å². The lowest BCUT2D eigenvalue weighted by Crippen LogP contribution is -2.15. The standard InChI is InChI=1S/C19H12F3NO2/c20-16-11-10-15(17(21)18(16)22)19(24)23-12-6-8-14(9-7-12)25-13-4-2-1-3-5-13/h1-11H,(H,23,24). The Kier molecular flexibility index (Phi) is 4.70. The zero-order chi connectivity index (χ0) is 17.8. The zero-order valence-corrected chi connectivity index (χ0v) is 12.8. The number of hydrogen-bond donors (Lipinski definition) is 1. The monoisotopic (exact) mass is 343 g/mol. The predicted octanol–water partition coefficient (Wildman–Crippen LogP) is 5.15. The van der Waals surface area contributed by atoms with Gasteiger partial charge in [0, 0.05) is 5.69 Å². The Hall–Kier alpha value is -3.28. The maximum absolute atomic E-state index is 13.6. The molecule has 0 saturated carbocycles. The van der Waals surface area contributed by atoms with Crippen LogP contribution >= 0.6 is 0 Å². The molecule has 3 aromatic carbocycles. The number of rotatable bonds is 4. The van der Waals surface area contributed by atoms with Crippen molar-refractivity contribution in [3.8, 4) is 11.5 Å². The van der Waals surface area contributed by atoms with Crippen LogP contribution in [0.1, 0.15) is 10.4 Å². The summed E-state index contributed by atoms with van der Waals surface area (Å²) in [6.07, 6.45) is 0. The van der Waals surface area contributed by atoms with E-state index in [2.05, 4.69) is 5.32 Å². The molecule has 126 valence electrons. The SMILES string of the molecule is O=C(Nc1ccc(Oc2ccccc2)cc1)c1ccc(F)c(F)c1F. The highest BCUT2D eigenvalue weighted by Crippen LogP contribution is 2.23. The molecule has 0 aliphatic carbocycles. The highest BCUT2D eigenvalue weighted by atomic mass is 19.2. The molecule has 3 rings (SSSR count). The maximum Gasteiger partial charge on any atom is 0.258 e. The highest BCUT2D eigenvalue weighted by molar-refractivity contribution is 6.04. The molecular formula is C19H12F3NO2. The van der Waals surface area contributed by atoms with E-state index in [0.29, 0.717) is 23.3 Å². The average molecular weight is 343 g/mol. The second kappa shape index (κ2) is 7.09. The summed E-state index contributed by atoms with van der Waals surface area (Å²) in [6, 6.07) is 17.0. The van der Waals surface area contributed by atoms with Crippen LogP contribution in [-0.4, -0.2) is 5.91 Å². The van der Waals surface area contributed by atoms with E-state index in [1.807, 2.05) is 18.2 Å². The summed E-state index contributed by atoms with van der Waals surface area (Å²) in [5.74, 6) is -4.24. The molecule has 0 radical (unpaired) electrons. The van der Waals surface area contributed by atoms with E-state index in [1.165, 1.54) is 0 Å². The normalized spacial score (nSPS) is 10.4. The number of benzene rings is 3. The summed E-state index contributed by atoms with van der Waals surface area (Å²) in [6.45, 7) is 0. The molecule has 0 spiro atoms. The number of nitrogens with one attached hydrogen (secondary N) is 1. The lowest BCUT2D eigenvalue weighted by atomic mass is 10.1. The third kappa shape index (κ3) is 3.80. The minimum Gasteiger partial charge on any atom is -0.457 e. The molecule has 0 atom stereocenters. The van der Waals surface area contributed by atoms with Crippen molar-refractivity contribution in [3.05, 3.63) is 89.7 Å². The molecule has 0 heterocycles. The highest BCUT2D eigenvalue weighted by Gasteiger charge is 2.18. The molecule has 0 aliphatic rings. The van der Waals surface area contributed by atoms with Gasteiger partial charge >= 0.3 is 0 Å². The lowest BCUT2D eigenvalue weighted by Gasteiger charge is -2.09. The molecule has 1 amide bonds. The van der Waals surface area contributed by atoms with Crippen LogP contribution in [0.25, 0.3) is 0 Å². The average Bonchev–Trinajstić information content (AvgIpc) is 2.62. The lowest BCUT2D eigenvalue weighted by molar-refractivity contribution is 0.102. The smallest absolute Gasteiger partial charge is 0.258 e. The van der Waals surface area contributed by atoms with Crippen molar-refractivity contribution in [1.29, 1.82) is 0 Å². The van der Waals surface area contributed by atoms with Gasteiger partial charge in [-0.1, -0.05) is 18.2 Å². The first-order valence-electron chi connectivity index (χ1n) is 7.32. The van der Waals surface area contributed by atoms with Gasteiger partial charge in [-0.2, -0.15) is 0 Å². The van der Waals surface area contributed by atoms with Crippen LogP contribution in [0.3, 0.4) is 0 Å². The van der Waals surface area contributed by atoms with Crippen molar-refractivity contribution in [1.82, 2.24) is 0 Å². The van der Waals surface area contributed by atoms with Gasteiger partial charge in [0.25, 0.3) is 5.91 Å². The van der Waals surface area contributed by atoms with E-state index in [-0.39, 0.29) is 0 Å². The largest absolute Gasteiger partial charge is 0.457 e. The summed E-state index contributed by atoms with van der Waals surface area (Å²) in [7, 11) is 0. The van der Waals surface area contributed by atoms with Crippen LogP contribution in [-0.2, 0) is 0 Å². The van der Waals surface area contributed by atoms with Gasteiger partial charge in [0.05, 0.1) is 5.56 Å². The number of amides is 1. The fourth-order valence-electron chi connectivity index (χ4n) is 2.13. The Morgan fingerprint density at radius 3 is 2.08 bits per heavy atom. The van der Waals surface area contributed by atoms with E-state index in [1.54, 1.807) is 36.4 Å². The fraction of sp³-hybridized carbons (Fsp3) is 0. The van der Waals surface area contributed by atoms with E-state index < -0.39 is 28.9 Å². The number of halogens is 3. The fourth-order valence-corrected chi connectivity index (χ4v) is 2.13. The number of ether oxygens (including phenoxy) is 1. The molecule has 3 nitrogen and oxygen atoms in total. The second-order valence-electron chi connectivity index (χ2n) is 5.12. The molecule has 0 bridgehead atoms. The number of anilines is 1. The summed E-state index contributed by atoms with van der Waals surface area (Å²) in [4.78, 5) is 12.0. The van der Waals surface area contributed by atoms with Crippen LogP contribution in [0.4, 0.5) is 18.9 Å². The summed E-state index contributed by atoms with van der Waals surface area (Å²) < 4.78 is 45.3. The van der Waals surface area contributed by atoms with Crippen molar-refractivity contribution < 1.29 is 22.7 Å². The van der Waals surface area contributed by atoms with Crippen molar-refractivity contribution in [2.24, 2.45) is 0 Å². The van der Waals surface area contributed by atoms with Crippen LogP contribution in [0, 0.1) is 17.5 Å². The van der Waals surface area contributed by atoms with Crippen molar-refractivity contribution in [2.45, 2.75) is 0 Å². The molecule has 0 unspecified atom stereocenters. The van der Waals surface area contributed by atoms with Crippen LogP contribution in [0.2, 0.25) is 0 Å². The van der Waals surface area contributed by atoms with Gasteiger partial charge in [-0.05, 0) is 48.5 Å². The Labute approximate surface area is 141 Å². The third-order valence-corrected chi connectivity index (χ3v) is 3.37. The molecule has 0 aliphatic heterocycles. The molecule has 0 saturated heterocycles. The number of para-hydroxylation sites is 1. The van der Waals surface area contributed by atoms with Gasteiger partial charge in [0.1, 0.15) is 11.5 Å². The molecule has 0 fully saturated rings. The van der Waals surface area contributed by atoms with Crippen LogP contribution < -0.4 is 10.1 Å².